The van der Waals surface area contributed by atoms with Gasteiger partial charge in [0.15, 0.2) is 6.10 Å². The van der Waals surface area contributed by atoms with Crippen molar-refractivity contribution in [3.8, 4) is 0 Å². The maximum Gasteiger partial charge on any atom is 0.329 e. The molecule has 174 valence electrons. The number of nitrogens with zero attached hydrogens (tertiary/aromatic N) is 2. The average molecular weight is 474 g/mol. The molecule has 0 fully saturated rings. The fraction of sp³-hybridized carbons (Fsp3) is 0.273. The molecule has 3 amide bonds. The van der Waals surface area contributed by atoms with Gasteiger partial charge in [0.25, 0.3) is 17.7 Å². The summed E-state index contributed by atoms with van der Waals surface area (Å²) in [6, 6.07) is 10.6. The number of carbonyl (C=O) groups is 4. The van der Waals surface area contributed by atoms with Crippen LogP contribution >= 0.6 is 0 Å². The van der Waals surface area contributed by atoms with Crippen molar-refractivity contribution in [1.82, 2.24) is 9.21 Å². The zero-order valence-corrected chi connectivity index (χ0v) is 19.3. The number of rotatable bonds is 7. The molecule has 1 heterocycles. The summed E-state index contributed by atoms with van der Waals surface area (Å²) in [6.07, 6.45) is -1.27. The maximum atomic E-state index is 12.6. The van der Waals surface area contributed by atoms with Crippen molar-refractivity contribution in [2.24, 2.45) is 0 Å². The number of nitrogens with one attached hydrogen (secondary N) is 1. The first-order valence-electron chi connectivity index (χ1n) is 9.96. The monoisotopic (exact) mass is 473 g/mol. The summed E-state index contributed by atoms with van der Waals surface area (Å²) in [5.41, 5.74) is 0.584. The van der Waals surface area contributed by atoms with Gasteiger partial charge in [0.2, 0.25) is 10.0 Å². The number of anilines is 1. The molecule has 33 heavy (non-hydrogen) atoms. The minimum absolute atomic E-state index is 0.0193. The lowest BCUT2D eigenvalue weighted by Gasteiger charge is -2.22. The number of carbonyl (C=O) groups excluding carboxylic acids is 4. The maximum absolute atomic E-state index is 12.6. The van der Waals surface area contributed by atoms with Gasteiger partial charge in [0.1, 0.15) is 6.04 Å². The molecule has 2 aromatic carbocycles. The molecule has 1 aliphatic rings. The van der Waals surface area contributed by atoms with E-state index in [1.54, 1.807) is 12.1 Å². The number of fused-ring (bicyclic) bond motifs is 1. The zero-order chi connectivity index (χ0) is 24.5. The molecule has 0 bridgehead atoms. The third-order valence-corrected chi connectivity index (χ3v) is 6.91. The largest absolute Gasteiger partial charge is 0.451 e. The molecule has 11 heteroatoms. The van der Waals surface area contributed by atoms with Crippen LogP contribution in [-0.4, -0.2) is 67.6 Å². The molecule has 0 saturated heterocycles. The molecule has 0 spiro atoms. The van der Waals surface area contributed by atoms with Crippen LogP contribution in [0.1, 0.15) is 34.6 Å². The van der Waals surface area contributed by atoms with Crippen LogP contribution < -0.4 is 5.32 Å². The lowest BCUT2D eigenvalue weighted by molar-refractivity contribution is -0.156. The molecular formula is C22H23N3O7S. The van der Waals surface area contributed by atoms with Crippen LogP contribution in [0.5, 0.6) is 0 Å². The van der Waals surface area contributed by atoms with Crippen molar-refractivity contribution < 1.29 is 32.3 Å². The van der Waals surface area contributed by atoms with E-state index in [1.165, 1.54) is 64.3 Å². The van der Waals surface area contributed by atoms with Gasteiger partial charge in [-0.1, -0.05) is 18.2 Å². The van der Waals surface area contributed by atoms with E-state index in [0.29, 0.717) is 0 Å². The quantitative estimate of drug-likeness (QED) is 0.476. The Balaban J connectivity index is 1.66. The van der Waals surface area contributed by atoms with Crippen LogP contribution in [0.15, 0.2) is 53.4 Å². The van der Waals surface area contributed by atoms with Gasteiger partial charge >= 0.3 is 5.97 Å². The number of esters is 1. The summed E-state index contributed by atoms with van der Waals surface area (Å²) < 4.78 is 30.7. The molecule has 1 aliphatic heterocycles. The highest BCUT2D eigenvalue weighted by atomic mass is 32.2. The van der Waals surface area contributed by atoms with Gasteiger partial charge < -0.3 is 10.1 Å². The number of hydrogen-bond donors (Lipinski definition) is 1. The molecule has 0 radical (unpaired) electrons. The number of imide groups is 1. The van der Waals surface area contributed by atoms with E-state index in [9.17, 15) is 27.6 Å². The Labute approximate surface area is 191 Å². The minimum atomic E-state index is -3.70. The van der Waals surface area contributed by atoms with Crippen LogP contribution in [0.2, 0.25) is 0 Å². The van der Waals surface area contributed by atoms with Crippen molar-refractivity contribution >= 4 is 39.4 Å². The van der Waals surface area contributed by atoms with Crippen LogP contribution in [0.4, 0.5) is 5.69 Å². The summed E-state index contributed by atoms with van der Waals surface area (Å²) >= 11 is 0. The molecule has 3 rings (SSSR count). The summed E-state index contributed by atoms with van der Waals surface area (Å²) in [4.78, 5) is 50.9. The highest BCUT2D eigenvalue weighted by molar-refractivity contribution is 7.89. The van der Waals surface area contributed by atoms with Gasteiger partial charge in [0, 0.05) is 19.8 Å². The molecule has 0 unspecified atom stereocenters. The molecule has 10 nitrogen and oxygen atoms in total. The summed E-state index contributed by atoms with van der Waals surface area (Å²) in [6.45, 7) is 2.66. The molecular weight excluding hydrogens is 450 g/mol. The Morgan fingerprint density at radius 1 is 0.970 bits per heavy atom. The van der Waals surface area contributed by atoms with Crippen LogP contribution in [0, 0.1) is 0 Å². The van der Waals surface area contributed by atoms with Crippen molar-refractivity contribution in [1.29, 1.82) is 0 Å². The first-order valence-corrected chi connectivity index (χ1v) is 11.4. The van der Waals surface area contributed by atoms with Gasteiger partial charge in [-0.05, 0) is 44.2 Å². The van der Waals surface area contributed by atoms with Crippen molar-refractivity contribution in [2.45, 2.75) is 30.9 Å². The smallest absolute Gasteiger partial charge is 0.329 e. The molecule has 0 aromatic heterocycles. The Kier molecular flexibility index (Phi) is 6.65. The van der Waals surface area contributed by atoms with E-state index in [-0.39, 0.29) is 21.7 Å². The van der Waals surface area contributed by atoms with Crippen LogP contribution in [-0.2, 0) is 24.3 Å². The summed E-state index contributed by atoms with van der Waals surface area (Å²) in [7, 11) is -0.928. The summed E-state index contributed by atoms with van der Waals surface area (Å²) in [5.74, 6) is -2.87. The van der Waals surface area contributed by atoms with Crippen molar-refractivity contribution in [3.63, 3.8) is 0 Å². The molecule has 2 atom stereocenters. The topological polar surface area (TPSA) is 130 Å². The fourth-order valence-electron chi connectivity index (χ4n) is 3.18. The normalized spacial score (nSPS) is 15.2. The Morgan fingerprint density at radius 3 is 2.09 bits per heavy atom. The lowest BCUT2D eigenvalue weighted by Crippen LogP contribution is -2.45. The highest BCUT2D eigenvalue weighted by Gasteiger charge is 2.41. The second-order valence-electron chi connectivity index (χ2n) is 7.59. The predicted molar refractivity (Wildman–Crippen MR) is 118 cm³/mol. The van der Waals surface area contributed by atoms with Crippen molar-refractivity contribution in [2.75, 3.05) is 19.4 Å². The molecule has 1 N–H and O–H groups in total. The fourth-order valence-corrected chi connectivity index (χ4v) is 4.13. The van der Waals surface area contributed by atoms with Gasteiger partial charge in [-0.15, -0.1) is 0 Å². The Bertz CT molecular complexity index is 1210. The van der Waals surface area contributed by atoms with E-state index >= 15 is 0 Å². The number of sulfonamides is 1. The third kappa shape index (κ3) is 4.64. The average Bonchev–Trinajstić information content (AvgIpc) is 3.03. The highest BCUT2D eigenvalue weighted by Crippen LogP contribution is 2.25. The first kappa shape index (κ1) is 24.1. The van der Waals surface area contributed by atoms with Crippen LogP contribution in [0.3, 0.4) is 0 Å². The Morgan fingerprint density at radius 2 is 1.55 bits per heavy atom. The summed E-state index contributed by atoms with van der Waals surface area (Å²) in [5, 5.41) is 2.49. The van der Waals surface area contributed by atoms with E-state index < -0.39 is 45.9 Å². The van der Waals surface area contributed by atoms with E-state index in [2.05, 4.69) is 5.32 Å². The van der Waals surface area contributed by atoms with Gasteiger partial charge in [0.05, 0.1) is 16.0 Å². The minimum Gasteiger partial charge on any atom is -0.451 e. The van der Waals surface area contributed by atoms with E-state index in [0.717, 1.165) is 9.21 Å². The zero-order valence-electron chi connectivity index (χ0n) is 18.4. The second kappa shape index (κ2) is 9.12. The van der Waals surface area contributed by atoms with Crippen LogP contribution in [0.25, 0.3) is 0 Å². The first-order chi connectivity index (χ1) is 15.4. The third-order valence-electron chi connectivity index (χ3n) is 5.10. The number of ether oxygens (including phenoxy) is 1. The van der Waals surface area contributed by atoms with Gasteiger partial charge in [-0.25, -0.2) is 17.5 Å². The SMILES string of the molecule is C[C@@H](OC(=O)[C@H](C)N1C(=O)c2ccccc2C1=O)C(=O)Nc1cccc(S(=O)(=O)N(C)C)c1. The number of hydrogen-bond acceptors (Lipinski definition) is 7. The number of amides is 3. The van der Waals surface area contributed by atoms with E-state index in [1.807, 2.05) is 0 Å². The second-order valence-corrected chi connectivity index (χ2v) is 9.74. The lowest BCUT2D eigenvalue weighted by atomic mass is 10.1. The molecule has 0 saturated carbocycles. The van der Waals surface area contributed by atoms with Crippen molar-refractivity contribution in [3.05, 3.63) is 59.7 Å². The number of benzene rings is 2. The Hall–Kier alpha value is -3.57. The van der Waals surface area contributed by atoms with E-state index in [4.69, 9.17) is 4.74 Å². The predicted octanol–water partition coefficient (Wildman–Crippen LogP) is 1.49. The van der Waals surface area contributed by atoms with Gasteiger partial charge in [-0.2, -0.15) is 0 Å². The molecule has 2 aromatic rings. The standard InChI is InChI=1S/C22H23N3O7S/c1-13(25-20(27)17-10-5-6-11-18(17)21(25)28)22(29)32-14(2)19(26)23-15-8-7-9-16(12-15)33(30,31)24(3)4/h5-14H,1-4H3,(H,23,26)/t13-,14+/m0/s1. The van der Waals surface area contributed by atoms with Gasteiger partial charge in [-0.3, -0.25) is 19.3 Å². The molecule has 0 aliphatic carbocycles.